The molecule has 0 aliphatic carbocycles. The molecule has 0 radical (unpaired) electrons. The molecular formula is C10H8F3NO4. The van der Waals surface area contributed by atoms with Crippen molar-refractivity contribution < 1.29 is 32.2 Å². The molecule has 0 atom stereocenters. The first kappa shape index (κ1) is 13.8. The SMILES string of the molecule is COC(=O)N(C=O)c1ccc(OC(F)(F)F)cc1. The van der Waals surface area contributed by atoms with Gasteiger partial charge in [-0.2, -0.15) is 0 Å². The highest BCUT2D eigenvalue weighted by Gasteiger charge is 2.31. The first-order chi connectivity index (χ1) is 8.37. The second kappa shape index (κ2) is 5.39. The predicted octanol–water partition coefficient (Wildman–Crippen LogP) is 2.31. The van der Waals surface area contributed by atoms with Gasteiger partial charge in [-0.05, 0) is 24.3 Å². The van der Waals surface area contributed by atoms with E-state index in [2.05, 4.69) is 9.47 Å². The third kappa shape index (κ3) is 3.65. The van der Waals surface area contributed by atoms with E-state index in [1.165, 1.54) is 0 Å². The van der Waals surface area contributed by atoms with Gasteiger partial charge in [-0.15, -0.1) is 13.2 Å². The van der Waals surface area contributed by atoms with E-state index >= 15 is 0 Å². The Bertz CT molecular complexity index is 430. The Morgan fingerprint density at radius 1 is 1.28 bits per heavy atom. The summed E-state index contributed by atoms with van der Waals surface area (Å²) in [6.07, 6.45) is -5.56. The van der Waals surface area contributed by atoms with Gasteiger partial charge in [0.1, 0.15) is 5.75 Å². The van der Waals surface area contributed by atoms with Gasteiger partial charge in [0.05, 0.1) is 12.8 Å². The largest absolute Gasteiger partial charge is 0.573 e. The molecule has 0 N–H and O–H groups in total. The van der Waals surface area contributed by atoms with Crippen molar-refractivity contribution in [2.24, 2.45) is 0 Å². The van der Waals surface area contributed by atoms with E-state index < -0.39 is 18.2 Å². The number of imide groups is 1. The lowest BCUT2D eigenvalue weighted by Crippen LogP contribution is -2.29. The fourth-order valence-corrected chi connectivity index (χ4v) is 1.12. The minimum absolute atomic E-state index is 0.0615. The normalized spacial score (nSPS) is 10.7. The number of hydrogen-bond donors (Lipinski definition) is 0. The van der Waals surface area contributed by atoms with E-state index in [4.69, 9.17) is 0 Å². The van der Waals surface area contributed by atoms with Crippen molar-refractivity contribution in [3.8, 4) is 5.75 Å². The number of hydrogen-bond acceptors (Lipinski definition) is 4. The molecule has 0 aliphatic rings. The average Bonchev–Trinajstić information content (AvgIpc) is 2.30. The number of ether oxygens (including phenoxy) is 2. The first-order valence-electron chi connectivity index (χ1n) is 4.55. The van der Waals surface area contributed by atoms with E-state index in [0.717, 1.165) is 31.4 Å². The van der Waals surface area contributed by atoms with Gasteiger partial charge in [0, 0.05) is 0 Å². The number of methoxy groups -OCH3 is 1. The van der Waals surface area contributed by atoms with Crippen molar-refractivity contribution >= 4 is 18.2 Å². The maximum absolute atomic E-state index is 11.9. The molecule has 8 heteroatoms. The van der Waals surface area contributed by atoms with Gasteiger partial charge < -0.3 is 9.47 Å². The molecule has 0 spiro atoms. The number of amides is 2. The summed E-state index contributed by atoms with van der Waals surface area (Å²) in [6, 6.07) is 4.18. The Balaban J connectivity index is 2.88. The molecule has 0 unspecified atom stereocenters. The number of carbonyl (C=O) groups excluding carboxylic acids is 2. The summed E-state index contributed by atoms with van der Waals surface area (Å²) in [5.41, 5.74) is 0.0615. The maximum Gasteiger partial charge on any atom is 0.573 e. The van der Waals surface area contributed by atoms with Crippen molar-refractivity contribution in [1.29, 1.82) is 0 Å². The molecule has 0 saturated heterocycles. The van der Waals surface area contributed by atoms with Crippen LogP contribution in [0.25, 0.3) is 0 Å². The summed E-state index contributed by atoms with van der Waals surface area (Å²) in [4.78, 5) is 22.3. The minimum atomic E-state index is -4.80. The third-order valence-corrected chi connectivity index (χ3v) is 1.83. The van der Waals surface area contributed by atoms with Gasteiger partial charge in [-0.25, -0.2) is 9.69 Å². The lowest BCUT2D eigenvalue weighted by molar-refractivity contribution is -0.274. The van der Waals surface area contributed by atoms with Crippen LogP contribution < -0.4 is 9.64 Å². The molecule has 0 saturated carbocycles. The van der Waals surface area contributed by atoms with Crippen molar-refractivity contribution in [3.63, 3.8) is 0 Å². The van der Waals surface area contributed by atoms with Crippen LogP contribution >= 0.6 is 0 Å². The lowest BCUT2D eigenvalue weighted by atomic mass is 10.3. The highest BCUT2D eigenvalue weighted by Crippen LogP contribution is 2.25. The van der Waals surface area contributed by atoms with Crippen molar-refractivity contribution in [3.05, 3.63) is 24.3 Å². The van der Waals surface area contributed by atoms with Crippen molar-refractivity contribution in [2.45, 2.75) is 6.36 Å². The van der Waals surface area contributed by atoms with E-state index in [9.17, 15) is 22.8 Å². The van der Waals surface area contributed by atoms with Crippen LogP contribution in [0.3, 0.4) is 0 Å². The van der Waals surface area contributed by atoms with Gasteiger partial charge in [0.15, 0.2) is 0 Å². The molecule has 0 heterocycles. The topological polar surface area (TPSA) is 55.8 Å². The number of benzene rings is 1. The summed E-state index contributed by atoms with van der Waals surface area (Å²) in [7, 11) is 1.07. The van der Waals surface area contributed by atoms with Gasteiger partial charge >= 0.3 is 12.5 Å². The Morgan fingerprint density at radius 3 is 2.22 bits per heavy atom. The van der Waals surface area contributed by atoms with Crippen LogP contribution in [0, 0.1) is 0 Å². The Hall–Kier alpha value is -2.25. The van der Waals surface area contributed by atoms with E-state index in [-0.39, 0.29) is 12.1 Å². The molecule has 0 aromatic heterocycles. The molecule has 0 fully saturated rings. The fraction of sp³-hybridized carbons (Fsp3) is 0.200. The standard InChI is InChI=1S/C10H8F3NO4/c1-17-9(16)14(6-15)7-2-4-8(5-3-7)18-10(11,12)13/h2-6H,1H3. The van der Waals surface area contributed by atoms with Crippen LogP contribution in [0.1, 0.15) is 0 Å². The average molecular weight is 263 g/mol. The summed E-state index contributed by atoms with van der Waals surface area (Å²) < 4.78 is 43.6. The van der Waals surface area contributed by atoms with Crippen LogP contribution in [0.2, 0.25) is 0 Å². The monoisotopic (exact) mass is 263 g/mol. The van der Waals surface area contributed by atoms with Crippen molar-refractivity contribution in [1.82, 2.24) is 0 Å². The maximum atomic E-state index is 11.9. The van der Waals surface area contributed by atoms with Gasteiger partial charge in [0.2, 0.25) is 6.41 Å². The Labute approximate surface area is 99.7 Å². The minimum Gasteiger partial charge on any atom is -0.452 e. The predicted molar refractivity (Wildman–Crippen MR) is 54.1 cm³/mol. The van der Waals surface area contributed by atoms with Gasteiger partial charge in [-0.3, -0.25) is 4.79 Å². The molecule has 18 heavy (non-hydrogen) atoms. The number of nitrogens with zero attached hydrogens (tertiary/aromatic N) is 1. The smallest absolute Gasteiger partial charge is 0.452 e. The molecule has 5 nitrogen and oxygen atoms in total. The van der Waals surface area contributed by atoms with Crippen molar-refractivity contribution in [2.75, 3.05) is 12.0 Å². The van der Waals surface area contributed by atoms with Crippen LogP contribution in [-0.4, -0.2) is 26.0 Å². The Kier molecular flexibility index (Phi) is 4.13. The van der Waals surface area contributed by atoms with Crippen LogP contribution in [0.5, 0.6) is 5.75 Å². The molecule has 0 aliphatic heterocycles. The molecule has 0 bridgehead atoms. The van der Waals surface area contributed by atoms with Gasteiger partial charge in [-0.1, -0.05) is 0 Å². The second-order valence-electron chi connectivity index (χ2n) is 2.99. The number of halogens is 3. The summed E-state index contributed by atoms with van der Waals surface area (Å²) in [6.45, 7) is 0. The number of rotatable bonds is 3. The fourth-order valence-electron chi connectivity index (χ4n) is 1.12. The molecule has 1 aromatic rings. The number of carbonyl (C=O) groups is 2. The number of anilines is 1. The van der Waals surface area contributed by atoms with E-state index in [1.54, 1.807) is 0 Å². The quantitative estimate of drug-likeness (QED) is 0.785. The Morgan fingerprint density at radius 2 is 1.83 bits per heavy atom. The van der Waals surface area contributed by atoms with Crippen LogP contribution in [0.4, 0.5) is 23.7 Å². The third-order valence-electron chi connectivity index (χ3n) is 1.83. The van der Waals surface area contributed by atoms with E-state index in [1.807, 2.05) is 0 Å². The molecule has 1 rings (SSSR count). The molecule has 98 valence electrons. The molecule has 2 amide bonds. The highest BCUT2D eigenvalue weighted by atomic mass is 19.4. The zero-order valence-corrected chi connectivity index (χ0v) is 9.10. The van der Waals surface area contributed by atoms with Gasteiger partial charge in [0.25, 0.3) is 0 Å². The first-order valence-corrected chi connectivity index (χ1v) is 4.55. The summed E-state index contributed by atoms with van der Waals surface area (Å²) in [5, 5.41) is 0. The van der Waals surface area contributed by atoms with Crippen LogP contribution in [0.15, 0.2) is 24.3 Å². The highest BCUT2D eigenvalue weighted by molar-refractivity contribution is 6.03. The summed E-state index contributed by atoms with van der Waals surface area (Å²) >= 11 is 0. The molecular weight excluding hydrogens is 255 g/mol. The zero-order chi connectivity index (χ0) is 13.8. The molecule has 1 aromatic carbocycles. The summed E-state index contributed by atoms with van der Waals surface area (Å²) in [5.74, 6) is -0.457. The zero-order valence-electron chi connectivity index (χ0n) is 9.10. The van der Waals surface area contributed by atoms with Crippen LogP contribution in [-0.2, 0) is 9.53 Å². The second-order valence-corrected chi connectivity index (χ2v) is 2.99. The lowest BCUT2D eigenvalue weighted by Gasteiger charge is -2.14. The number of alkyl halides is 3. The van der Waals surface area contributed by atoms with E-state index in [0.29, 0.717) is 4.90 Å².